The van der Waals surface area contributed by atoms with Crippen molar-refractivity contribution < 1.29 is 13.6 Å². The maximum atomic E-state index is 5.77. The minimum atomic E-state index is -2.67. The Morgan fingerprint density at radius 2 is 1.62 bits per heavy atom. The number of hydrogen-bond acceptors (Lipinski definition) is 4. The topological polar surface area (TPSA) is 27.7 Å². The SMILES string of the molecule is CCOP(=S)(OCC)Oc1ccc(Cl)cc1. The summed E-state index contributed by atoms with van der Waals surface area (Å²) in [6, 6.07) is 6.94. The standard InChI is InChI=1S/C10H14ClO3PS/c1-3-12-15(16,13-4-2)14-10-7-5-9(11)6-8-10/h5-8H,3-4H2,1-2H3. The zero-order chi connectivity index (χ0) is 12.0. The Morgan fingerprint density at radius 1 is 1.12 bits per heavy atom. The van der Waals surface area contributed by atoms with Crippen molar-refractivity contribution >= 4 is 30.1 Å². The van der Waals surface area contributed by atoms with Crippen molar-refractivity contribution in [2.24, 2.45) is 0 Å². The van der Waals surface area contributed by atoms with Crippen LogP contribution in [0.5, 0.6) is 5.75 Å². The first-order chi connectivity index (χ1) is 7.59. The second kappa shape index (κ2) is 6.58. The van der Waals surface area contributed by atoms with Crippen molar-refractivity contribution in [1.29, 1.82) is 0 Å². The lowest BCUT2D eigenvalue weighted by molar-refractivity contribution is 0.218. The monoisotopic (exact) mass is 280 g/mol. The maximum Gasteiger partial charge on any atom is 0.380 e. The first-order valence-electron chi connectivity index (χ1n) is 4.94. The molecule has 0 aliphatic heterocycles. The molecule has 0 atom stereocenters. The van der Waals surface area contributed by atoms with Crippen molar-refractivity contribution in [3.8, 4) is 5.75 Å². The van der Waals surface area contributed by atoms with Gasteiger partial charge < -0.3 is 4.52 Å². The second-order valence-corrected chi connectivity index (χ2v) is 6.20. The Kier molecular flexibility index (Phi) is 5.73. The van der Waals surface area contributed by atoms with E-state index in [0.717, 1.165) is 0 Å². The molecular weight excluding hydrogens is 267 g/mol. The molecule has 0 aliphatic rings. The van der Waals surface area contributed by atoms with Crippen molar-refractivity contribution in [3.05, 3.63) is 29.3 Å². The van der Waals surface area contributed by atoms with Gasteiger partial charge >= 0.3 is 6.72 Å². The molecule has 90 valence electrons. The van der Waals surface area contributed by atoms with Crippen LogP contribution in [0, 0.1) is 0 Å². The molecule has 1 aromatic carbocycles. The predicted octanol–water partition coefficient (Wildman–Crippen LogP) is 4.02. The molecule has 0 bridgehead atoms. The van der Waals surface area contributed by atoms with Gasteiger partial charge in [0.25, 0.3) is 0 Å². The van der Waals surface area contributed by atoms with Gasteiger partial charge in [0.05, 0.1) is 13.2 Å². The molecule has 0 unspecified atom stereocenters. The highest BCUT2D eigenvalue weighted by atomic mass is 35.5. The Balaban J connectivity index is 2.75. The van der Waals surface area contributed by atoms with E-state index in [-0.39, 0.29) is 0 Å². The quantitative estimate of drug-likeness (QED) is 0.736. The fourth-order valence-electron chi connectivity index (χ4n) is 1.03. The Bertz CT molecular complexity index is 359. The molecule has 0 N–H and O–H groups in total. The van der Waals surface area contributed by atoms with E-state index in [9.17, 15) is 0 Å². The van der Waals surface area contributed by atoms with Gasteiger partial charge in [-0.3, -0.25) is 9.05 Å². The fraction of sp³-hybridized carbons (Fsp3) is 0.400. The van der Waals surface area contributed by atoms with Crippen molar-refractivity contribution in [1.82, 2.24) is 0 Å². The Labute approximate surface area is 106 Å². The summed E-state index contributed by atoms with van der Waals surface area (Å²) in [6.07, 6.45) is 0. The largest absolute Gasteiger partial charge is 0.424 e. The van der Waals surface area contributed by atoms with Crippen LogP contribution in [0.25, 0.3) is 0 Å². The first kappa shape index (κ1) is 13.9. The average Bonchev–Trinajstić information content (AvgIpc) is 2.22. The van der Waals surface area contributed by atoms with Gasteiger partial charge in [0.1, 0.15) is 5.75 Å². The zero-order valence-electron chi connectivity index (χ0n) is 9.18. The van der Waals surface area contributed by atoms with Crippen LogP contribution in [0.15, 0.2) is 24.3 Å². The van der Waals surface area contributed by atoms with Crippen LogP contribution in [-0.4, -0.2) is 13.2 Å². The van der Waals surface area contributed by atoms with Crippen molar-refractivity contribution in [3.63, 3.8) is 0 Å². The molecule has 1 aromatic rings. The van der Waals surface area contributed by atoms with Crippen LogP contribution in [0.2, 0.25) is 5.02 Å². The van der Waals surface area contributed by atoms with E-state index >= 15 is 0 Å². The number of hydrogen-bond donors (Lipinski definition) is 0. The highest BCUT2D eigenvalue weighted by Crippen LogP contribution is 2.49. The third-order valence-electron chi connectivity index (χ3n) is 1.61. The molecular formula is C10H14ClO3PS. The molecule has 0 aliphatic carbocycles. The summed E-state index contributed by atoms with van der Waals surface area (Å²) in [4.78, 5) is 0. The van der Waals surface area contributed by atoms with Crippen LogP contribution in [0.3, 0.4) is 0 Å². The summed E-state index contributed by atoms with van der Waals surface area (Å²) >= 11 is 11.0. The van der Waals surface area contributed by atoms with E-state index in [1.54, 1.807) is 24.3 Å². The first-order valence-corrected chi connectivity index (χ1v) is 7.87. The predicted molar refractivity (Wildman–Crippen MR) is 69.6 cm³/mol. The van der Waals surface area contributed by atoms with E-state index in [2.05, 4.69) is 0 Å². The number of halogens is 1. The zero-order valence-corrected chi connectivity index (χ0v) is 11.6. The van der Waals surface area contributed by atoms with E-state index < -0.39 is 6.72 Å². The highest BCUT2D eigenvalue weighted by molar-refractivity contribution is 8.07. The van der Waals surface area contributed by atoms with Gasteiger partial charge in [-0.05, 0) is 38.1 Å². The summed E-state index contributed by atoms with van der Waals surface area (Å²) in [5.41, 5.74) is 0. The molecule has 0 spiro atoms. The lowest BCUT2D eigenvalue weighted by Gasteiger charge is -2.20. The molecule has 0 saturated heterocycles. The smallest absolute Gasteiger partial charge is 0.380 e. The van der Waals surface area contributed by atoms with Crippen LogP contribution < -0.4 is 4.52 Å². The summed E-state index contributed by atoms with van der Waals surface area (Å²) in [7, 11) is 0. The molecule has 0 radical (unpaired) electrons. The summed E-state index contributed by atoms with van der Waals surface area (Å²) in [5, 5.41) is 0.647. The minimum absolute atomic E-state index is 0.463. The van der Waals surface area contributed by atoms with Gasteiger partial charge in [-0.25, -0.2) is 0 Å². The molecule has 16 heavy (non-hydrogen) atoms. The third kappa shape index (κ3) is 4.40. The number of rotatable bonds is 6. The second-order valence-electron chi connectivity index (χ2n) is 2.83. The van der Waals surface area contributed by atoms with E-state index in [1.807, 2.05) is 13.8 Å². The molecule has 0 heterocycles. The average molecular weight is 281 g/mol. The third-order valence-corrected chi connectivity index (χ3v) is 4.30. The lowest BCUT2D eigenvalue weighted by Crippen LogP contribution is -2.01. The van der Waals surface area contributed by atoms with Gasteiger partial charge in [-0.2, -0.15) is 0 Å². The molecule has 1 rings (SSSR count). The van der Waals surface area contributed by atoms with E-state index in [1.165, 1.54) is 0 Å². The Morgan fingerprint density at radius 3 is 2.06 bits per heavy atom. The fourth-order valence-corrected chi connectivity index (χ4v) is 3.24. The molecule has 0 aromatic heterocycles. The lowest BCUT2D eigenvalue weighted by atomic mass is 10.3. The summed E-state index contributed by atoms with van der Waals surface area (Å²) in [5.74, 6) is 0.606. The summed E-state index contributed by atoms with van der Waals surface area (Å²) in [6.45, 7) is 1.97. The summed E-state index contributed by atoms with van der Waals surface area (Å²) < 4.78 is 16.3. The van der Waals surface area contributed by atoms with Gasteiger partial charge in [-0.15, -0.1) is 0 Å². The van der Waals surface area contributed by atoms with Crippen LogP contribution in [0.4, 0.5) is 0 Å². The maximum absolute atomic E-state index is 5.77. The van der Waals surface area contributed by atoms with Crippen LogP contribution in [0.1, 0.15) is 13.8 Å². The van der Waals surface area contributed by atoms with Crippen LogP contribution >= 0.6 is 18.3 Å². The van der Waals surface area contributed by atoms with Gasteiger partial charge in [0.15, 0.2) is 0 Å². The normalized spacial score (nSPS) is 11.4. The minimum Gasteiger partial charge on any atom is -0.424 e. The van der Waals surface area contributed by atoms with Gasteiger partial charge in [0, 0.05) is 16.8 Å². The Hall–Kier alpha value is -0.120. The molecule has 0 amide bonds. The highest BCUT2D eigenvalue weighted by Gasteiger charge is 2.20. The van der Waals surface area contributed by atoms with Crippen molar-refractivity contribution in [2.45, 2.75) is 13.8 Å². The molecule has 3 nitrogen and oxygen atoms in total. The molecule has 6 heteroatoms. The molecule has 0 saturated carbocycles. The van der Waals surface area contributed by atoms with Gasteiger partial charge in [0.2, 0.25) is 0 Å². The van der Waals surface area contributed by atoms with E-state index in [0.29, 0.717) is 24.0 Å². The van der Waals surface area contributed by atoms with Gasteiger partial charge in [-0.1, -0.05) is 11.6 Å². The van der Waals surface area contributed by atoms with Crippen LogP contribution in [-0.2, 0) is 20.9 Å². The van der Waals surface area contributed by atoms with E-state index in [4.69, 9.17) is 37.0 Å². The van der Waals surface area contributed by atoms with Crippen molar-refractivity contribution in [2.75, 3.05) is 13.2 Å². The number of benzene rings is 1. The molecule has 0 fully saturated rings.